The number of hydrogen-bond acceptors (Lipinski definition) is 2. The normalized spacial score (nSPS) is 20.9. The Hall–Kier alpha value is -1.65. The predicted molar refractivity (Wildman–Crippen MR) is 101 cm³/mol. The first-order valence-electron chi connectivity index (χ1n) is 11.4. The highest BCUT2D eigenvalue weighted by atomic mass is 19.4. The quantitative estimate of drug-likeness (QED) is 0.145. The highest BCUT2D eigenvalue weighted by Crippen LogP contribution is 2.62. The second kappa shape index (κ2) is 11.7. The van der Waals surface area contributed by atoms with Crippen molar-refractivity contribution >= 4 is 5.97 Å². The zero-order valence-corrected chi connectivity index (χ0v) is 20.0. The van der Waals surface area contributed by atoms with Gasteiger partial charge in [-0.25, -0.2) is 8.78 Å². The maximum absolute atomic E-state index is 13.8. The van der Waals surface area contributed by atoms with Crippen LogP contribution in [0.1, 0.15) is 58.3 Å². The van der Waals surface area contributed by atoms with Crippen molar-refractivity contribution in [2.75, 3.05) is 6.61 Å². The SMILES string of the molecule is CCCC1CCC(CCC(=O)OCC(F)(F)C(F)(F)C(F)(F)C(F)(F)C(F)(F)C(F)(F)C(F)(F)C(F)F)CC1. The number of esters is 1. The Morgan fingerprint density at radius 2 is 1.05 bits per heavy atom. The van der Waals surface area contributed by atoms with Crippen LogP contribution in [0.5, 0.6) is 0 Å². The number of alkyl halides is 16. The molecule has 0 saturated heterocycles. The van der Waals surface area contributed by atoms with Crippen LogP contribution in [0, 0.1) is 11.8 Å². The highest BCUT2D eigenvalue weighted by molar-refractivity contribution is 5.69. The molecule has 0 heterocycles. The molecule has 2 nitrogen and oxygen atoms in total. The van der Waals surface area contributed by atoms with Gasteiger partial charge < -0.3 is 4.74 Å². The monoisotopic (exact) mass is 612 g/mol. The molecule has 39 heavy (non-hydrogen) atoms. The Morgan fingerprint density at radius 1 is 0.667 bits per heavy atom. The average Bonchev–Trinajstić information content (AvgIpc) is 2.81. The minimum absolute atomic E-state index is 0.0203. The Labute approximate surface area is 211 Å². The third-order valence-electron chi connectivity index (χ3n) is 6.56. The summed E-state index contributed by atoms with van der Waals surface area (Å²) in [4.78, 5) is 11.6. The number of hydrogen-bond donors (Lipinski definition) is 0. The van der Waals surface area contributed by atoms with Crippen molar-refractivity contribution in [3.8, 4) is 0 Å². The van der Waals surface area contributed by atoms with Crippen molar-refractivity contribution in [1.29, 1.82) is 0 Å². The topological polar surface area (TPSA) is 26.3 Å². The first-order valence-corrected chi connectivity index (χ1v) is 11.4. The summed E-state index contributed by atoms with van der Waals surface area (Å²) in [5.74, 6) is -56.6. The third-order valence-corrected chi connectivity index (χ3v) is 6.56. The predicted octanol–water partition coefficient (Wildman–Crippen LogP) is 8.63. The minimum atomic E-state index is -8.46. The van der Waals surface area contributed by atoms with E-state index in [0.717, 1.165) is 25.7 Å². The molecule has 1 aliphatic carbocycles. The molecule has 1 aliphatic rings. The molecule has 0 aliphatic heterocycles. The van der Waals surface area contributed by atoms with Crippen LogP contribution in [-0.2, 0) is 9.53 Å². The molecule has 0 bridgehead atoms. The largest absolute Gasteiger partial charge is 0.459 e. The van der Waals surface area contributed by atoms with E-state index in [2.05, 4.69) is 4.74 Å². The molecule has 0 aromatic rings. The Bertz CT molecular complexity index is 819. The summed E-state index contributed by atoms with van der Waals surface area (Å²) in [7, 11) is 0. The van der Waals surface area contributed by atoms with Gasteiger partial charge in [-0.05, 0) is 18.3 Å². The van der Waals surface area contributed by atoms with Gasteiger partial charge in [-0.2, -0.15) is 61.5 Å². The van der Waals surface area contributed by atoms with Crippen molar-refractivity contribution in [3.05, 3.63) is 0 Å². The lowest BCUT2D eigenvalue weighted by Crippen LogP contribution is -2.74. The van der Waals surface area contributed by atoms with Crippen LogP contribution in [0.2, 0.25) is 0 Å². The molecule has 18 heteroatoms. The molecule has 1 saturated carbocycles. The fourth-order valence-electron chi connectivity index (χ4n) is 4.04. The zero-order chi connectivity index (χ0) is 30.9. The average molecular weight is 612 g/mol. The summed E-state index contributed by atoms with van der Waals surface area (Å²) < 4.78 is 217. The molecule has 0 N–H and O–H groups in total. The molecule has 0 atom stereocenters. The molecule has 1 rings (SSSR count). The van der Waals surface area contributed by atoms with Crippen LogP contribution in [0.4, 0.5) is 70.2 Å². The third kappa shape index (κ3) is 6.32. The molecule has 0 unspecified atom stereocenters. The van der Waals surface area contributed by atoms with E-state index in [1.165, 1.54) is 0 Å². The van der Waals surface area contributed by atoms with E-state index in [9.17, 15) is 75.0 Å². The Balaban J connectivity index is 3.00. The molecular weight excluding hydrogens is 588 g/mol. The second-order valence-corrected chi connectivity index (χ2v) is 9.37. The maximum atomic E-state index is 13.8. The second-order valence-electron chi connectivity index (χ2n) is 9.37. The van der Waals surface area contributed by atoms with E-state index in [-0.39, 0.29) is 12.3 Å². The van der Waals surface area contributed by atoms with E-state index in [0.29, 0.717) is 18.8 Å². The maximum Gasteiger partial charge on any atom is 0.385 e. The van der Waals surface area contributed by atoms with Crippen molar-refractivity contribution in [1.82, 2.24) is 0 Å². The summed E-state index contributed by atoms with van der Waals surface area (Å²) in [6.07, 6.45) is -2.00. The van der Waals surface area contributed by atoms with Gasteiger partial charge in [-0.1, -0.05) is 45.4 Å². The standard InChI is InChI=1S/C21H24F16O2/c1-2-3-11-4-6-12(7-5-11)8-9-13(38)39-10-15(24,25)17(28,29)19(32,33)21(36,37)20(34,35)18(30,31)16(26,27)14(22)23/h11-12,14H,2-10H2,1H3. The van der Waals surface area contributed by atoms with E-state index in [1.807, 2.05) is 6.92 Å². The zero-order valence-electron chi connectivity index (χ0n) is 20.0. The molecular formula is C21H24F16O2. The number of ether oxygens (including phenoxy) is 1. The number of carbonyl (C=O) groups is 1. The minimum Gasteiger partial charge on any atom is -0.459 e. The van der Waals surface area contributed by atoms with Crippen molar-refractivity contribution in [2.45, 2.75) is 106 Å². The summed E-state index contributed by atoms with van der Waals surface area (Å²) in [5, 5.41) is 0. The van der Waals surface area contributed by atoms with Gasteiger partial charge in [0, 0.05) is 6.42 Å². The molecule has 232 valence electrons. The van der Waals surface area contributed by atoms with Gasteiger partial charge in [-0.3, -0.25) is 4.79 Å². The molecule has 1 fully saturated rings. The van der Waals surface area contributed by atoms with Gasteiger partial charge in [0.2, 0.25) is 0 Å². The number of halogens is 16. The fraction of sp³-hybridized carbons (Fsp3) is 0.952. The molecule has 0 aromatic carbocycles. The van der Waals surface area contributed by atoms with E-state index in [1.54, 1.807) is 0 Å². The van der Waals surface area contributed by atoms with Gasteiger partial charge in [0.1, 0.15) is 0 Å². The molecule has 0 aromatic heterocycles. The van der Waals surface area contributed by atoms with Crippen molar-refractivity contribution in [2.24, 2.45) is 11.8 Å². The van der Waals surface area contributed by atoms with Crippen LogP contribution in [0.3, 0.4) is 0 Å². The van der Waals surface area contributed by atoms with Crippen molar-refractivity contribution in [3.63, 3.8) is 0 Å². The molecule has 0 radical (unpaired) electrons. The lowest BCUT2D eigenvalue weighted by molar-refractivity contribution is -0.447. The van der Waals surface area contributed by atoms with E-state index >= 15 is 0 Å². The van der Waals surface area contributed by atoms with Crippen LogP contribution < -0.4 is 0 Å². The van der Waals surface area contributed by atoms with Crippen LogP contribution in [-0.4, -0.2) is 60.5 Å². The summed E-state index contributed by atoms with van der Waals surface area (Å²) in [6.45, 7) is -1.16. The van der Waals surface area contributed by atoms with Crippen LogP contribution in [0.15, 0.2) is 0 Å². The summed E-state index contributed by atoms with van der Waals surface area (Å²) in [5.41, 5.74) is 0. The van der Waals surface area contributed by atoms with Crippen LogP contribution >= 0.6 is 0 Å². The van der Waals surface area contributed by atoms with Gasteiger partial charge in [-0.15, -0.1) is 0 Å². The molecule has 0 amide bonds. The first-order chi connectivity index (χ1) is 17.3. The molecule has 0 spiro atoms. The first kappa shape index (κ1) is 35.4. The van der Waals surface area contributed by atoms with E-state index in [4.69, 9.17) is 0 Å². The van der Waals surface area contributed by atoms with Gasteiger partial charge >= 0.3 is 53.9 Å². The number of rotatable bonds is 14. The van der Waals surface area contributed by atoms with Gasteiger partial charge in [0.05, 0.1) is 0 Å². The summed E-state index contributed by atoms with van der Waals surface area (Å²) in [6, 6.07) is 0. The lowest BCUT2D eigenvalue weighted by Gasteiger charge is -2.42. The van der Waals surface area contributed by atoms with Crippen LogP contribution in [0.25, 0.3) is 0 Å². The Morgan fingerprint density at radius 3 is 1.46 bits per heavy atom. The van der Waals surface area contributed by atoms with Crippen molar-refractivity contribution < 1.29 is 79.8 Å². The lowest BCUT2D eigenvalue weighted by atomic mass is 9.78. The van der Waals surface area contributed by atoms with E-state index < -0.39 is 66.9 Å². The fourth-order valence-corrected chi connectivity index (χ4v) is 4.04. The Kier molecular flexibility index (Phi) is 10.6. The number of carbonyl (C=O) groups excluding carboxylic acids is 1. The van der Waals surface area contributed by atoms with Gasteiger partial charge in [0.25, 0.3) is 0 Å². The van der Waals surface area contributed by atoms with Gasteiger partial charge in [0.15, 0.2) is 6.61 Å². The highest BCUT2D eigenvalue weighted by Gasteiger charge is 2.93. The smallest absolute Gasteiger partial charge is 0.385 e. The summed E-state index contributed by atoms with van der Waals surface area (Å²) >= 11 is 0.